The molecule has 0 aliphatic carbocycles. The zero-order chi connectivity index (χ0) is 13.3. The lowest BCUT2D eigenvalue weighted by atomic mass is 10.2. The number of anilines is 1. The maximum atomic E-state index is 13.3. The fourth-order valence-corrected chi connectivity index (χ4v) is 1.99. The molecule has 0 unspecified atom stereocenters. The third kappa shape index (κ3) is 2.17. The van der Waals surface area contributed by atoms with Crippen LogP contribution in [-0.2, 0) is 6.54 Å². The van der Waals surface area contributed by atoms with Crippen molar-refractivity contribution in [1.82, 2.24) is 0 Å². The summed E-state index contributed by atoms with van der Waals surface area (Å²) >= 11 is 1.30. The van der Waals surface area contributed by atoms with Crippen molar-refractivity contribution in [2.75, 3.05) is 5.32 Å². The molecule has 0 aliphatic rings. The van der Waals surface area contributed by atoms with Crippen LogP contribution in [0.25, 0.3) is 0 Å². The van der Waals surface area contributed by atoms with Crippen LogP contribution in [0.1, 0.15) is 4.88 Å². The molecule has 2 aromatic rings. The van der Waals surface area contributed by atoms with E-state index in [4.69, 9.17) is 0 Å². The predicted molar refractivity (Wildman–Crippen MR) is 57.9 cm³/mol. The smallest absolute Gasteiger partial charge is 0.200 e. The maximum absolute atomic E-state index is 13.3. The molecule has 1 heterocycles. The molecular formula is C11H6F5NS. The van der Waals surface area contributed by atoms with Crippen LogP contribution in [0.5, 0.6) is 0 Å². The van der Waals surface area contributed by atoms with Gasteiger partial charge in [0.15, 0.2) is 23.3 Å². The summed E-state index contributed by atoms with van der Waals surface area (Å²) in [5, 5.41) is 3.94. The van der Waals surface area contributed by atoms with Gasteiger partial charge >= 0.3 is 0 Å². The summed E-state index contributed by atoms with van der Waals surface area (Å²) in [5.41, 5.74) is -1.01. The first kappa shape index (κ1) is 12.8. The van der Waals surface area contributed by atoms with Crippen LogP contribution in [0.3, 0.4) is 0 Å². The summed E-state index contributed by atoms with van der Waals surface area (Å²) in [6.07, 6.45) is 0. The molecule has 7 heteroatoms. The minimum Gasteiger partial charge on any atom is -0.375 e. The first-order valence-electron chi connectivity index (χ1n) is 4.80. The van der Waals surface area contributed by atoms with Crippen molar-refractivity contribution in [2.45, 2.75) is 6.54 Å². The minimum absolute atomic E-state index is 0.0178. The predicted octanol–water partition coefficient (Wildman–Crippen LogP) is 4.06. The number of hydrogen-bond acceptors (Lipinski definition) is 2. The molecule has 1 nitrogen and oxygen atoms in total. The van der Waals surface area contributed by atoms with Gasteiger partial charge in [0.25, 0.3) is 0 Å². The van der Waals surface area contributed by atoms with Crippen molar-refractivity contribution in [3.8, 4) is 0 Å². The zero-order valence-electron chi connectivity index (χ0n) is 8.74. The summed E-state index contributed by atoms with van der Waals surface area (Å²) in [5.74, 6) is -9.79. The SMILES string of the molecule is Fc1c(F)c(F)c(NCc2cccs2)c(F)c1F. The van der Waals surface area contributed by atoms with Crippen LogP contribution in [0.2, 0.25) is 0 Å². The molecule has 0 fully saturated rings. The van der Waals surface area contributed by atoms with Gasteiger partial charge < -0.3 is 5.32 Å². The summed E-state index contributed by atoms with van der Waals surface area (Å²) in [4.78, 5) is 0.707. The van der Waals surface area contributed by atoms with Gasteiger partial charge in [-0.1, -0.05) is 6.07 Å². The second-order valence-electron chi connectivity index (χ2n) is 3.38. The van der Waals surface area contributed by atoms with Crippen LogP contribution in [0, 0.1) is 29.1 Å². The number of thiophene rings is 1. The Balaban J connectivity index is 2.33. The van der Waals surface area contributed by atoms with Crippen molar-refractivity contribution < 1.29 is 22.0 Å². The molecule has 0 saturated carbocycles. The quantitative estimate of drug-likeness (QED) is 0.507. The fourth-order valence-electron chi connectivity index (χ4n) is 1.35. The van der Waals surface area contributed by atoms with Gasteiger partial charge in [-0.15, -0.1) is 11.3 Å². The third-order valence-corrected chi connectivity index (χ3v) is 3.11. The highest BCUT2D eigenvalue weighted by Gasteiger charge is 2.25. The van der Waals surface area contributed by atoms with Crippen molar-refractivity contribution in [1.29, 1.82) is 0 Å². The van der Waals surface area contributed by atoms with Gasteiger partial charge in [0.1, 0.15) is 5.69 Å². The van der Waals surface area contributed by atoms with Gasteiger partial charge in [0.05, 0.1) is 0 Å². The summed E-state index contributed by atoms with van der Waals surface area (Å²) < 4.78 is 65.0. The van der Waals surface area contributed by atoms with Gasteiger partial charge in [0, 0.05) is 11.4 Å². The van der Waals surface area contributed by atoms with E-state index < -0.39 is 34.8 Å². The van der Waals surface area contributed by atoms with Crippen LogP contribution < -0.4 is 5.32 Å². The first-order chi connectivity index (χ1) is 8.52. The molecule has 0 saturated heterocycles. The van der Waals surface area contributed by atoms with Gasteiger partial charge in [-0.25, -0.2) is 22.0 Å². The van der Waals surface area contributed by atoms with Gasteiger partial charge in [0.2, 0.25) is 5.82 Å². The second-order valence-corrected chi connectivity index (χ2v) is 4.41. The van der Waals surface area contributed by atoms with E-state index >= 15 is 0 Å². The lowest BCUT2D eigenvalue weighted by molar-refractivity contribution is 0.381. The topological polar surface area (TPSA) is 12.0 Å². The molecule has 0 aliphatic heterocycles. The number of rotatable bonds is 3. The largest absolute Gasteiger partial charge is 0.375 e. The van der Waals surface area contributed by atoms with E-state index in [-0.39, 0.29) is 6.54 Å². The molecule has 1 N–H and O–H groups in total. The van der Waals surface area contributed by atoms with Crippen LogP contribution in [-0.4, -0.2) is 0 Å². The van der Waals surface area contributed by atoms with Crippen LogP contribution >= 0.6 is 11.3 Å². The Morgan fingerprint density at radius 2 is 1.44 bits per heavy atom. The number of nitrogens with one attached hydrogen (secondary N) is 1. The zero-order valence-corrected chi connectivity index (χ0v) is 9.55. The van der Waals surface area contributed by atoms with E-state index in [0.29, 0.717) is 4.88 Å². The minimum atomic E-state index is -2.16. The number of benzene rings is 1. The Bertz CT molecular complexity index is 538. The Hall–Kier alpha value is -1.63. The molecule has 0 amide bonds. The molecule has 18 heavy (non-hydrogen) atoms. The highest BCUT2D eigenvalue weighted by Crippen LogP contribution is 2.27. The standard InChI is InChI=1S/C11H6F5NS/c12-6-7(13)9(15)11(10(16)8(6)14)17-4-5-2-1-3-18-5/h1-3,17H,4H2. The van der Waals surface area contributed by atoms with E-state index in [1.807, 2.05) is 0 Å². The van der Waals surface area contributed by atoms with Crippen molar-refractivity contribution in [2.24, 2.45) is 0 Å². The summed E-state index contributed by atoms with van der Waals surface area (Å²) in [7, 11) is 0. The normalized spacial score (nSPS) is 10.7. The Labute approximate surface area is 103 Å². The van der Waals surface area contributed by atoms with E-state index in [2.05, 4.69) is 5.32 Å². The van der Waals surface area contributed by atoms with Gasteiger partial charge in [-0.05, 0) is 11.4 Å². The highest BCUT2D eigenvalue weighted by molar-refractivity contribution is 7.09. The lowest BCUT2D eigenvalue weighted by Gasteiger charge is -2.09. The summed E-state index contributed by atoms with van der Waals surface area (Å²) in [6.45, 7) is -0.0178. The monoisotopic (exact) mass is 279 g/mol. The van der Waals surface area contributed by atoms with Crippen molar-refractivity contribution in [3.05, 3.63) is 51.5 Å². The molecule has 0 radical (unpaired) electrons. The molecule has 96 valence electrons. The van der Waals surface area contributed by atoms with E-state index in [0.717, 1.165) is 0 Å². The first-order valence-corrected chi connectivity index (χ1v) is 5.68. The molecule has 0 bridgehead atoms. The van der Waals surface area contributed by atoms with E-state index in [9.17, 15) is 22.0 Å². The molecular weight excluding hydrogens is 273 g/mol. The average Bonchev–Trinajstić information content (AvgIpc) is 2.87. The Morgan fingerprint density at radius 3 is 1.94 bits per heavy atom. The number of halogens is 5. The van der Waals surface area contributed by atoms with Crippen molar-refractivity contribution in [3.63, 3.8) is 0 Å². The van der Waals surface area contributed by atoms with Crippen LogP contribution in [0.15, 0.2) is 17.5 Å². The van der Waals surface area contributed by atoms with E-state index in [1.165, 1.54) is 11.3 Å². The van der Waals surface area contributed by atoms with Gasteiger partial charge in [-0.3, -0.25) is 0 Å². The molecule has 0 atom stereocenters. The van der Waals surface area contributed by atoms with Gasteiger partial charge in [-0.2, -0.15) is 0 Å². The van der Waals surface area contributed by atoms with Crippen LogP contribution in [0.4, 0.5) is 27.6 Å². The highest BCUT2D eigenvalue weighted by atomic mass is 32.1. The summed E-state index contributed by atoms with van der Waals surface area (Å²) in [6, 6.07) is 3.38. The Kier molecular flexibility index (Phi) is 3.51. The lowest BCUT2D eigenvalue weighted by Crippen LogP contribution is -2.09. The third-order valence-electron chi connectivity index (χ3n) is 2.23. The fraction of sp³-hybridized carbons (Fsp3) is 0.0909. The molecule has 1 aromatic heterocycles. The second kappa shape index (κ2) is 4.93. The Morgan fingerprint density at radius 1 is 0.889 bits per heavy atom. The average molecular weight is 279 g/mol. The van der Waals surface area contributed by atoms with E-state index in [1.54, 1.807) is 17.5 Å². The number of hydrogen-bond donors (Lipinski definition) is 1. The van der Waals surface area contributed by atoms with Crippen molar-refractivity contribution >= 4 is 17.0 Å². The maximum Gasteiger partial charge on any atom is 0.200 e. The molecule has 0 spiro atoms. The molecule has 1 aromatic carbocycles. The molecule has 2 rings (SSSR count).